The molecular formula is C22H36O3. The number of rotatable bonds is 2. The van der Waals surface area contributed by atoms with E-state index >= 15 is 0 Å². The van der Waals surface area contributed by atoms with E-state index in [0.717, 1.165) is 37.5 Å². The SMILES string of the molecule is CC(=O)OCC1(O)CCC23CC1CC2CCC1C(C)(C)CCCC13C. The summed E-state index contributed by atoms with van der Waals surface area (Å²) in [6.07, 6.45) is 11.0. The third-order valence-corrected chi connectivity index (χ3v) is 9.42. The van der Waals surface area contributed by atoms with Gasteiger partial charge in [0.1, 0.15) is 12.2 Å². The number of ether oxygens (including phenoxy) is 1. The van der Waals surface area contributed by atoms with Crippen molar-refractivity contribution >= 4 is 5.97 Å². The van der Waals surface area contributed by atoms with E-state index in [2.05, 4.69) is 20.8 Å². The van der Waals surface area contributed by atoms with E-state index in [1.807, 2.05) is 0 Å². The van der Waals surface area contributed by atoms with Crippen LogP contribution in [0.2, 0.25) is 0 Å². The highest BCUT2D eigenvalue weighted by atomic mass is 16.5. The van der Waals surface area contributed by atoms with E-state index < -0.39 is 5.60 Å². The maximum absolute atomic E-state index is 11.3. The van der Waals surface area contributed by atoms with Crippen molar-refractivity contribution in [2.45, 2.75) is 91.1 Å². The molecule has 0 aliphatic heterocycles. The normalized spacial score (nSPS) is 50.7. The molecule has 4 aliphatic rings. The molecule has 1 spiro atoms. The van der Waals surface area contributed by atoms with Gasteiger partial charge in [0.05, 0.1) is 0 Å². The summed E-state index contributed by atoms with van der Waals surface area (Å²) in [5.41, 5.74) is 0.510. The molecule has 4 saturated carbocycles. The van der Waals surface area contributed by atoms with Crippen molar-refractivity contribution in [1.82, 2.24) is 0 Å². The predicted octanol–water partition coefficient (Wildman–Crippen LogP) is 4.71. The van der Waals surface area contributed by atoms with Gasteiger partial charge in [-0.3, -0.25) is 4.79 Å². The van der Waals surface area contributed by atoms with Crippen LogP contribution in [-0.2, 0) is 9.53 Å². The number of hydrogen-bond acceptors (Lipinski definition) is 3. The summed E-state index contributed by atoms with van der Waals surface area (Å²) in [4.78, 5) is 11.3. The van der Waals surface area contributed by atoms with Gasteiger partial charge >= 0.3 is 5.97 Å². The minimum absolute atomic E-state index is 0.196. The Bertz CT molecular complexity index is 570. The van der Waals surface area contributed by atoms with Gasteiger partial charge in [0.25, 0.3) is 0 Å². The van der Waals surface area contributed by atoms with Crippen molar-refractivity contribution in [3.05, 3.63) is 0 Å². The van der Waals surface area contributed by atoms with E-state index in [-0.39, 0.29) is 12.6 Å². The van der Waals surface area contributed by atoms with Gasteiger partial charge < -0.3 is 9.84 Å². The van der Waals surface area contributed by atoms with Gasteiger partial charge in [-0.25, -0.2) is 0 Å². The van der Waals surface area contributed by atoms with Gasteiger partial charge in [-0.05, 0) is 85.4 Å². The summed E-state index contributed by atoms with van der Waals surface area (Å²) in [6.45, 7) is 9.24. The molecule has 6 unspecified atom stereocenters. The number of hydrogen-bond donors (Lipinski definition) is 1. The fourth-order valence-electron chi connectivity index (χ4n) is 8.21. The lowest BCUT2D eigenvalue weighted by Gasteiger charge is -2.65. The molecule has 4 aliphatic carbocycles. The minimum Gasteiger partial charge on any atom is -0.463 e. The molecule has 0 aromatic heterocycles. The van der Waals surface area contributed by atoms with Gasteiger partial charge in [0, 0.05) is 6.92 Å². The quantitative estimate of drug-likeness (QED) is 0.735. The van der Waals surface area contributed by atoms with Crippen LogP contribution in [0.1, 0.15) is 85.5 Å². The summed E-state index contributed by atoms with van der Waals surface area (Å²) in [5, 5.41) is 11.3. The summed E-state index contributed by atoms with van der Waals surface area (Å²) >= 11 is 0. The van der Waals surface area contributed by atoms with Gasteiger partial charge in [-0.15, -0.1) is 0 Å². The monoisotopic (exact) mass is 348 g/mol. The predicted molar refractivity (Wildman–Crippen MR) is 97.9 cm³/mol. The first kappa shape index (κ1) is 17.8. The van der Waals surface area contributed by atoms with Crippen LogP contribution in [0, 0.1) is 34.0 Å². The topological polar surface area (TPSA) is 46.5 Å². The molecule has 4 rings (SSSR count). The highest BCUT2D eigenvalue weighted by Gasteiger charge is 2.68. The second-order valence-electron chi connectivity index (χ2n) is 10.8. The number of carbonyl (C=O) groups is 1. The van der Waals surface area contributed by atoms with Gasteiger partial charge in [0.2, 0.25) is 0 Å². The molecule has 6 atom stereocenters. The lowest BCUT2D eigenvalue weighted by atomic mass is 9.39. The van der Waals surface area contributed by atoms with Crippen molar-refractivity contribution in [1.29, 1.82) is 0 Å². The molecule has 0 saturated heterocycles. The van der Waals surface area contributed by atoms with Crippen molar-refractivity contribution in [2.75, 3.05) is 6.61 Å². The van der Waals surface area contributed by atoms with Gasteiger partial charge in [-0.2, -0.15) is 0 Å². The molecule has 1 N–H and O–H groups in total. The third-order valence-electron chi connectivity index (χ3n) is 9.42. The molecule has 25 heavy (non-hydrogen) atoms. The Morgan fingerprint density at radius 2 is 1.84 bits per heavy atom. The summed E-state index contributed by atoms with van der Waals surface area (Å²) in [7, 11) is 0. The fraction of sp³-hybridized carbons (Fsp3) is 0.955. The largest absolute Gasteiger partial charge is 0.463 e. The third kappa shape index (κ3) is 2.37. The molecule has 0 radical (unpaired) electrons. The first-order valence-electron chi connectivity index (χ1n) is 10.5. The number of fused-ring (bicyclic) bond motifs is 2. The van der Waals surface area contributed by atoms with Crippen LogP contribution in [0.3, 0.4) is 0 Å². The van der Waals surface area contributed by atoms with Crippen LogP contribution in [0.4, 0.5) is 0 Å². The zero-order valence-corrected chi connectivity index (χ0v) is 16.6. The highest BCUT2D eigenvalue weighted by molar-refractivity contribution is 5.65. The first-order valence-corrected chi connectivity index (χ1v) is 10.5. The van der Waals surface area contributed by atoms with Crippen LogP contribution >= 0.6 is 0 Å². The first-order chi connectivity index (χ1) is 11.6. The Morgan fingerprint density at radius 1 is 1.08 bits per heavy atom. The number of esters is 1. The van der Waals surface area contributed by atoms with Gasteiger partial charge in [-0.1, -0.05) is 27.2 Å². The zero-order chi connectivity index (χ0) is 18.1. The van der Waals surface area contributed by atoms with E-state index in [1.54, 1.807) is 0 Å². The summed E-state index contributed by atoms with van der Waals surface area (Å²) in [6, 6.07) is 0. The molecule has 4 fully saturated rings. The molecule has 142 valence electrons. The molecule has 2 bridgehead atoms. The maximum atomic E-state index is 11.3. The van der Waals surface area contributed by atoms with E-state index in [0.29, 0.717) is 22.2 Å². The van der Waals surface area contributed by atoms with Crippen LogP contribution in [0.5, 0.6) is 0 Å². The Hall–Kier alpha value is -0.570. The summed E-state index contributed by atoms with van der Waals surface area (Å²) < 4.78 is 5.26. The molecule has 3 nitrogen and oxygen atoms in total. The molecule has 0 heterocycles. The second-order valence-corrected chi connectivity index (χ2v) is 10.8. The average Bonchev–Trinajstić information content (AvgIpc) is 2.87. The Kier molecular flexibility index (Phi) is 3.90. The smallest absolute Gasteiger partial charge is 0.302 e. The van der Waals surface area contributed by atoms with Crippen LogP contribution in [0.15, 0.2) is 0 Å². The van der Waals surface area contributed by atoms with Gasteiger partial charge in [0.15, 0.2) is 0 Å². The molecule has 0 aromatic rings. The molecule has 0 aromatic carbocycles. The number of carbonyl (C=O) groups excluding carboxylic acids is 1. The molecular weight excluding hydrogens is 312 g/mol. The Labute approximate surface area is 152 Å². The van der Waals surface area contributed by atoms with Crippen LogP contribution in [-0.4, -0.2) is 23.3 Å². The lowest BCUT2D eigenvalue weighted by molar-refractivity contribution is -0.183. The van der Waals surface area contributed by atoms with Crippen molar-refractivity contribution < 1.29 is 14.6 Å². The minimum atomic E-state index is -0.787. The van der Waals surface area contributed by atoms with E-state index in [9.17, 15) is 9.90 Å². The van der Waals surface area contributed by atoms with E-state index in [1.165, 1.54) is 39.0 Å². The lowest BCUT2D eigenvalue weighted by Crippen LogP contribution is -2.59. The highest BCUT2D eigenvalue weighted by Crippen LogP contribution is 2.75. The van der Waals surface area contributed by atoms with Crippen molar-refractivity contribution in [2.24, 2.45) is 34.0 Å². The maximum Gasteiger partial charge on any atom is 0.302 e. The van der Waals surface area contributed by atoms with Crippen LogP contribution < -0.4 is 0 Å². The summed E-state index contributed by atoms with van der Waals surface area (Å²) in [5.74, 6) is 1.62. The average molecular weight is 349 g/mol. The van der Waals surface area contributed by atoms with Crippen LogP contribution in [0.25, 0.3) is 0 Å². The fourth-order valence-corrected chi connectivity index (χ4v) is 8.21. The van der Waals surface area contributed by atoms with Crippen molar-refractivity contribution in [3.63, 3.8) is 0 Å². The van der Waals surface area contributed by atoms with Crippen molar-refractivity contribution in [3.8, 4) is 0 Å². The van der Waals surface area contributed by atoms with E-state index in [4.69, 9.17) is 4.74 Å². The standard InChI is InChI=1S/C22H36O3/c1-15(23)25-14-22(24)11-10-21-13-17(22)12-16(21)6-7-18-19(2,3)8-5-9-20(18,21)4/h16-18,24H,5-14H2,1-4H3. The zero-order valence-electron chi connectivity index (χ0n) is 16.6. The number of aliphatic hydroxyl groups is 1. The molecule has 0 amide bonds. The molecule has 3 heteroatoms. The second kappa shape index (κ2) is 5.47. The Balaban J connectivity index is 1.64. The Morgan fingerprint density at radius 3 is 2.56 bits per heavy atom.